The van der Waals surface area contributed by atoms with Crippen molar-refractivity contribution >= 4 is 11.6 Å². The second-order valence-corrected chi connectivity index (χ2v) is 2.65. The van der Waals surface area contributed by atoms with Crippen LogP contribution in [0.15, 0.2) is 12.3 Å². The van der Waals surface area contributed by atoms with Crippen LogP contribution in [0.5, 0.6) is 11.6 Å². The van der Waals surface area contributed by atoms with Crippen molar-refractivity contribution < 1.29 is 22.6 Å². The molecule has 7 heteroatoms. The van der Waals surface area contributed by atoms with E-state index in [2.05, 4.69) is 14.5 Å². The SMILES string of the molecule is COc1ncc(Cl)cc1OC(F)(F)F. The van der Waals surface area contributed by atoms with E-state index in [4.69, 9.17) is 11.6 Å². The minimum atomic E-state index is -4.79. The van der Waals surface area contributed by atoms with Crippen LogP contribution in [0, 0.1) is 0 Å². The van der Waals surface area contributed by atoms with Gasteiger partial charge in [-0.3, -0.25) is 0 Å². The van der Waals surface area contributed by atoms with E-state index < -0.39 is 12.1 Å². The molecule has 3 nitrogen and oxygen atoms in total. The molecular formula is C7H5ClF3NO2. The van der Waals surface area contributed by atoms with Crippen molar-refractivity contribution in [2.24, 2.45) is 0 Å². The molecule has 0 radical (unpaired) electrons. The van der Waals surface area contributed by atoms with E-state index in [0.29, 0.717) is 0 Å². The minimum Gasteiger partial charge on any atom is -0.478 e. The van der Waals surface area contributed by atoms with E-state index in [9.17, 15) is 13.2 Å². The number of methoxy groups -OCH3 is 1. The summed E-state index contributed by atoms with van der Waals surface area (Å²) in [6, 6.07) is 0.973. The summed E-state index contributed by atoms with van der Waals surface area (Å²) in [5, 5.41) is 0.0325. The summed E-state index contributed by atoms with van der Waals surface area (Å²) < 4.78 is 43.7. The largest absolute Gasteiger partial charge is 0.573 e. The predicted molar refractivity (Wildman–Crippen MR) is 42.5 cm³/mol. The van der Waals surface area contributed by atoms with Crippen LogP contribution in [-0.4, -0.2) is 18.5 Å². The van der Waals surface area contributed by atoms with E-state index >= 15 is 0 Å². The molecule has 0 atom stereocenters. The van der Waals surface area contributed by atoms with Gasteiger partial charge in [0.2, 0.25) is 0 Å². The summed E-state index contributed by atoms with van der Waals surface area (Å²) >= 11 is 5.44. The fourth-order valence-electron chi connectivity index (χ4n) is 0.759. The van der Waals surface area contributed by atoms with E-state index in [1.165, 1.54) is 7.11 Å². The topological polar surface area (TPSA) is 31.4 Å². The van der Waals surface area contributed by atoms with E-state index in [1.807, 2.05) is 0 Å². The number of pyridine rings is 1. The van der Waals surface area contributed by atoms with Crippen molar-refractivity contribution in [2.45, 2.75) is 6.36 Å². The van der Waals surface area contributed by atoms with E-state index in [0.717, 1.165) is 12.3 Å². The van der Waals surface area contributed by atoms with Crippen molar-refractivity contribution in [1.29, 1.82) is 0 Å². The molecule has 1 aromatic rings. The fraction of sp³-hybridized carbons (Fsp3) is 0.286. The molecular weight excluding hydrogens is 223 g/mol. The van der Waals surface area contributed by atoms with Gasteiger partial charge >= 0.3 is 6.36 Å². The third-order valence-corrected chi connectivity index (χ3v) is 1.41. The summed E-state index contributed by atoms with van der Waals surface area (Å²) in [6.45, 7) is 0. The van der Waals surface area contributed by atoms with Crippen molar-refractivity contribution in [3.63, 3.8) is 0 Å². The van der Waals surface area contributed by atoms with E-state index in [-0.39, 0.29) is 10.9 Å². The molecule has 0 saturated carbocycles. The Morgan fingerprint density at radius 2 is 2.07 bits per heavy atom. The van der Waals surface area contributed by atoms with Crippen LogP contribution in [0.1, 0.15) is 0 Å². The van der Waals surface area contributed by atoms with Crippen LogP contribution < -0.4 is 9.47 Å². The van der Waals surface area contributed by atoms with Crippen molar-refractivity contribution in [2.75, 3.05) is 7.11 Å². The molecule has 1 rings (SSSR count). The molecule has 0 aliphatic carbocycles. The zero-order chi connectivity index (χ0) is 10.8. The Hall–Kier alpha value is -1.17. The quantitative estimate of drug-likeness (QED) is 0.778. The summed E-state index contributed by atoms with van der Waals surface area (Å²) in [5.74, 6) is -0.834. The predicted octanol–water partition coefficient (Wildman–Crippen LogP) is 2.64. The standard InChI is InChI=1S/C7H5ClF3NO2/c1-13-6-5(14-7(9,10)11)2-4(8)3-12-6/h2-3H,1H3. The van der Waals surface area contributed by atoms with Gasteiger partial charge in [-0.05, 0) is 0 Å². The lowest BCUT2D eigenvalue weighted by molar-refractivity contribution is -0.275. The van der Waals surface area contributed by atoms with Crippen molar-refractivity contribution in [3.05, 3.63) is 17.3 Å². The van der Waals surface area contributed by atoms with Gasteiger partial charge in [-0.15, -0.1) is 13.2 Å². The summed E-state index contributed by atoms with van der Waals surface area (Å²) in [7, 11) is 1.18. The summed E-state index contributed by atoms with van der Waals surface area (Å²) in [6.07, 6.45) is -3.64. The number of aromatic nitrogens is 1. The highest BCUT2D eigenvalue weighted by molar-refractivity contribution is 6.30. The van der Waals surface area contributed by atoms with Crippen LogP contribution in [-0.2, 0) is 0 Å². The normalized spacial score (nSPS) is 11.2. The van der Waals surface area contributed by atoms with Gasteiger partial charge in [-0.25, -0.2) is 4.98 Å². The lowest BCUT2D eigenvalue weighted by Gasteiger charge is -2.11. The highest BCUT2D eigenvalue weighted by Crippen LogP contribution is 2.31. The first-order valence-electron chi connectivity index (χ1n) is 3.37. The maximum absolute atomic E-state index is 11.8. The monoisotopic (exact) mass is 227 g/mol. The Kier molecular flexibility index (Phi) is 3.05. The average molecular weight is 228 g/mol. The second kappa shape index (κ2) is 3.91. The maximum Gasteiger partial charge on any atom is 0.573 e. The van der Waals surface area contributed by atoms with Gasteiger partial charge in [0.25, 0.3) is 5.88 Å². The first-order valence-corrected chi connectivity index (χ1v) is 3.75. The van der Waals surface area contributed by atoms with Crippen LogP contribution in [0.3, 0.4) is 0 Å². The zero-order valence-corrected chi connectivity index (χ0v) is 7.69. The smallest absolute Gasteiger partial charge is 0.478 e. The molecule has 0 N–H and O–H groups in total. The molecule has 0 saturated heterocycles. The van der Waals surface area contributed by atoms with Crippen LogP contribution in [0.25, 0.3) is 0 Å². The summed E-state index contributed by atoms with van der Waals surface area (Å²) in [4.78, 5) is 3.50. The molecule has 78 valence electrons. The first-order chi connectivity index (χ1) is 6.42. The molecule has 1 heterocycles. The third kappa shape index (κ3) is 2.95. The number of nitrogens with zero attached hydrogens (tertiary/aromatic N) is 1. The Morgan fingerprint density at radius 1 is 1.43 bits per heavy atom. The third-order valence-electron chi connectivity index (χ3n) is 1.20. The number of ether oxygens (including phenoxy) is 2. The zero-order valence-electron chi connectivity index (χ0n) is 6.93. The molecule has 0 aliphatic heterocycles. The Balaban J connectivity index is 2.99. The lowest BCUT2D eigenvalue weighted by Crippen LogP contribution is -2.17. The molecule has 0 unspecified atom stereocenters. The Morgan fingerprint density at radius 3 is 2.57 bits per heavy atom. The molecule has 0 amide bonds. The van der Waals surface area contributed by atoms with Crippen LogP contribution >= 0.6 is 11.6 Å². The van der Waals surface area contributed by atoms with Gasteiger partial charge in [0.1, 0.15) is 0 Å². The highest BCUT2D eigenvalue weighted by atomic mass is 35.5. The summed E-state index contributed by atoms with van der Waals surface area (Å²) in [5.41, 5.74) is 0. The molecule has 0 aromatic carbocycles. The molecule has 0 bridgehead atoms. The fourth-order valence-corrected chi connectivity index (χ4v) is 0.907. The Labute approximate surface area is 82.4 Å². The van der Waals surface area contributed by atoms with Gasteiger partial charge in [-0.2, -0.15) is 0 Å². The average Bonchev–Trinajstić information content (AvgIpc) is 2.01. The van der Waals surface area contributed by atoms with Crippen molar-refractivity contribution in [1.82, 2.24) is 4.98 Å². The number of alkyl halides is 3. The van der Waals surface area contributed by atoms with E-state index in [1.54, 1.807) is 0 Å². The molecule has 14 heavy (non-hydrogen) atoms. The van der Waals surface area contributed by atoms with Crippen LogP contribution in [0.4, 0.5) is 13.2 Å². The Bertz CT molecular complexity index is 329. The van der Waals surface area contributed by atoms with Gasteiger partial charge in [0.15, 0.2) is 5.75 Å². The van der Waals surface area contributed by atoms with Gasteiger partial charge in [0, 0.05) is 12.3 Å². The second-order valence-electron chi connectivity index (χ2n) is 2.21. The highest BCUT2D eigenvalue weighted by Gasteiger charge is 2.32. The molecule has 0 aliphatic rings. The van der Waals surface area contributed by atoms with Crippen LogP contribution in [0.2, 0.25) is 5.02 Å². The maximum atomic E-state index is 11.8. The minimum absolute atomic E-state index is 0.0325. The number of rotatable bonds is 2. The van der Waals surface area contributed by atoms with Gasteiger partial charge < -0.3 is 9.47 Å². The number of halogens is 4. The molecule has 1 aromatic heterocycles. The molecule has 0 spiro atoms. The van der Waals surface area contributed by atoms with Gasteiger partial charge in [0.05, 0.1) is 12.1 Å². The molecule has 0 fully saturated rings. The lowest BCUT2D eigenvalue weighted by atomic mass is 10.4. The number of hydrogen-bond donors (Lipinski definition) is 0. The van der Waals surface area contributed by atoms with Gasteiger partial charge in [-0.1, -0.05) is 11.6 Å². The van der Waals surface area contributed by atoms with Crippen molar-refractivity contribution in [3.8, 4) is 11.6 Å². The number of hydrogen-bond acceptors (Lipinski definition) is 3. The first kappa shape index (κ1) is 10.9.